The van der Waals surface area contributed by atoms with Crippen LogP contribution in [0.25, 0.3) is 0 Å². The predicted octanol–water partition coefficient (Wildman–Crippen LogP) is 3.36. The van der Waals surface area contributed by atoms with Gasteiger partial charge in [-0.1, -0.05) is 36.2 Å². The lowest BCUT2D eigenvalue weighted by Gasteiger charge is -2.26. The number of piperidine rings is 1. The van der Waals surface area contributed by atoms with Crippen LogP contribution in [0.2, 0.25) is 0 Å². The molecule has 2 fully saturated rings. The van der Waals surface area contributed by atoms with Crippen LogP contribution in [0.3, 0.4) is 0 Å². The normalized spacial score (nSPS) is 20.5. The Morgan fingerprint density at radius 1 is 1.08 bits per heavy atom. The second kappa shape index (κ2) is 10.7. The highest BCUT2D eigenvalue weighted by atomic mass is 32.2. The highest BCUT2D eigenvalue weighted by molar-refractivity contribution is 7.89. The first kappa shape index (κ1) is 27.6. The molecule has 2 aliphatic heterocycles. The van der Waals surface area contributed by atoms with E-state index in [2.05, 4.69) is 10.6 Å². The average molecular weight is 543 g/mol. The lowest BCUT2D eigenvalue weighted by molar-refractivity contribution is -0.133. The van der Waals surface area contributed by atoms with E-state index >= 15 is 0 Å². The van der Waals surface area contributed by atoms with Gasteiger partial charge in [-0.2, -0.15) is 4.31 Å². The SMILES string of the molecule is Cc1ccc([C@]2(C)NC(=O)N(CC(=O)Nc3cc(S(=O)(=O)N4CCCCC4)ccc3OC(C)C)C2=O)cc1. The van der Waals surface area contributed by atoms with Crippen molar-refractivity contribution in [2.24, 2.45) is 0 Å². The number of ether oxygens (including phenoxy) is 1. The topological polar surface area (TPSA) is 125 Å². The molecule has 0 aromatic heterocycles. The van der Waals surface area contributed by atoms with Crippen molar-refractivity contribution in [2.45, 2.75) is 63.5 Å². The Kier molecular flexibility index (Phi) is 7.80. The van der Waals surface area contributed by atoms with Gasteiger partial charge in [-0.3, -0.25) is 14.5 Å². The van der Waals surface area contributed by atoms with Crippen molar-refractivity contribution in [3.05, 3.63) is 53.6 Å². The maximum Gasteiger partial charge on any atom is 0.325 e. The molecule has 2 aromatic rings. The molecule has 0 bridgehead atoms. The summed E-state index contributed by atoms with van der Waals surface area (Å²) in [7, 11) is -3.76. The van der Waals surface area contributed by atoms with Gasteiger partial charge >= 0.3 is 6.03 Å². The Morgan fingerprint density at radius 3 is 2.37 bits per heavy atom. The zero-order chi connectivity index (χ0) is 27.7. The van der Waals surface area contributed by atoms with Crippen molar-refractivity contribution < 1.29 is 27.5 Å². The lowest BCUT2D eigenvalue weighted by atomic mass is 9.91. The molecule has 0 spiro atoms. The van der Waals surface area contributed by atoms with Gasteiger partial charge in [0.05, 0.1) is 16.7 Å². The molecular formula is C27H34N4O6S. The molecule has 0 aliphatic carbocycles. The number of sulfonamides is 1. The first-order valence-corrected chi connectivity index (χ1v) is 14.2. The molecule has 2 aliphatic rings. The molecule has 38 heavy (non-hydrogen) atoms. The van der Waals surface area contributed by atoms with Crippen molar-refractivity contribution in [1.29, 1.82) is 0 Å². The largest absolute Gasteiger partial charge is 0.489 e. The van der Waals surface area contributed by atoms with E-state index in [1.165, 1.54) is 22.5 Å². The molecule has 10 nitrogen and oxygen atoms in total. The third kappa shape index (κ3) is 5.53. The molecular weight excluding hydrogens is 508 g/mol. The Morgan fingerprint density at radius 2 is 1.74 bits per heavy atom. The number of imide groups is 1. The summed E-state index contributed by atoms with van der Waals surface area (Å²) in [5.41, 5.74) is 0.455. The Balaban J connectivity index is 1.55. The van der Waals surface area contributed by atoms with Crippen LogP contribution in [0.4, 0.5) is 10.5 Å². The monoisotopic (exact) mass is 542 g/mol. The van der Waals surface area contributed by atoms with Crippen molar-refractivity contribution in [2.75, 3.05) is 25.0 Å². The predicted molar refractivity (Wildman–Crippen MR) is 142 cm³/mol. The van der Waals surface area contributed by atoms with E-state index in [1.807, 2.05) is 32.9 Å². The average Bonchev–Trinajstić information content (AvgIpc) is 3.09. The smallest absolute Gasteiger partial charge is 0.325 e. The number of aryl methyl sites for hydroxylation is 1. The molecule has 0 unspecified atom stereocenters. The van der Waals surface area contributed by atoms with E-state index in [0.717, 1.165) is 29.7 Å². The second-order valence-corrected chi connectivity index (χ2v) is 12.1. The number of hydrogen-bond acceptors (Lipinski definition) is 6. The van der Waals surface area contributed by atoms with Crippen molar-refractivity contribution in [3.8, 4) is 5.75 Å². The molecule has 0 radical (unpaired) electrons. The van der Waals surface area contributed by atoms with Crippen molar-refractivity contribution in [3.63, 3.8) is 0 Å². The van der Waals surface area contributed by atoms with Crippen LogP contribution in [0.15, 0.2) is 47.4 Å². The van der Waals surface area contributed by atoms with Gasteiger partial charge in [0.1, 0.15) is 17.8 Å². The number of rotatable bonds is 8. The van der Waals surface area contributed by atoms with Gasteiger partial charge in [-0.25, -0.2) is 13.2 Å². The number of hydrogen-bond donors (Lipinski definition) is 2. The molecule has 0 saturated carbocycles. The number of nitrogens with zero attached hydrogens (tertiary/aromatic N) is 2. The molecule has 2 aromatic carbocycles. The maximum atomic E-state index is 13.2. The molecule has 2 saturated heterocycles. The zero-order valence-electron chi connectivity index (χ0n) is 22.1. The van der Waals surface area contributed by atoms with E-state index < -0.39 is 40.0 Å². The fourth-order valence-electron chi connectivity index (χ4n) is 4.63. The first-order chi connectivity index (χ1) is 17.9. The van der Waals surface area contributed by atoms with E-state index in [1.54, 1.807) is 19.1 Å². The first-order valence-electron chi connectivity index (χ1n) is 12.7. The van der Waals surface area contributed by atoms with Crippen LogP contribution >= 0.6 is 0 Å². The molecule has 2 heterocycles. The Bertz CT molecular complexity index is 1340. The highest BCUT2D eigenvalue weighted by Gasteiger charge is 2.49. The van der Waals surface area contributed by atoms with Crippen LogP contribution in [-0.4, -0.2) is 61.2 Å². The molecule has 2 N–H and O–H groups in total. The summed E-state index contributed by atoms with van der Waals surface area (Å²) in [6.45, 7) is 7.48. The summed E-state index contributed by atoms with van der Waals surface area (Å²) in [5.74, 6) is -0.933. The standard InChI is InChI=1S/C27H34N4O6S/c1-18(2)37-23-13-12-21(38(35,36)30-14-6-5-7-15-30)16-22(23)28-24(32)17-31-25(33)27(4,29-26(31)34)20-10-8-19(3)9-11-20/h8-13,16,18H,5-7,14-15,17H2,1-4H3,(H,28,32)(H,29,34)/t27-/m0/s1. The van der Waals surface area contributed by atoms with Crippen LogP contribution < -0.4 is 15.4 Å². The van der Waals surface area contributed by atoms with E-state index in [-0.39, 0.29) is 22.4 Å². The number of nitrogens with one attached hydrogen (secondary N) is 2. The fourth-order valence-corrected chi connectivity index (χ4v) is 6.18. The third-order valence-electron chi connectivity index (χ3n) is 6.75. The number of carbonyl (C=O) groups is 3. The number of benzene rings is 2. The van der Waals surface area contributed by atoms with Gasteiger partial charge in [0.25, 0.3) is 5.91 Å². The van der Waals surface area contributed by atoms with Gasteiger partial charge in [0.15, 0.2) is 0 Å². The molecule has 4 amide bonds. The zero-order valence-corrected chi connectivity index (χ0v) is 22.9. The van der Waals surface area contributed by atoms with Gasteiger partial charge in [-0.15, -0.1) is 0 Å². The van der Waals surface area contributed by atoms with Gasteiger partial charge in [0, 0.05) is 13.1 Å². The van der Waals surface area contributed by atoms with E-state index in [4.69, 9.17) is 4.74 Å². The van der Waals surface area contributed by atoms with Crippen LogP contribution in [-0.2, 0) is 25.2 Å². The molecule has 204 valence electrons. The summed E-state index contributed by atoms with van der Waals surface area (Å²) in [4.78, 5) is 39.9. The minimum atomic E-state index is -3.76. The van der Waals surface area contributed by atoms with Gasteiger partial charge in [-0.05, 0) is 64.3 Å². The summed E-state index contributed by atoms with van der Waals surface area (Å²) < 4.78 is 33.7. The third-order valence-corrected chi connectivity index (χ3v) is 8.64. The van der Waals surface area contributed by atoms with Gasteiger partial charge in [0.2, 0.25) is 15.9 Å². The summed E-state index contributed by atoms with van der Waals surface area (Å²) in [6, 6.07) is 10.9. The molecule has 11 heteroatoms. The van der Waals surface area contributed by atoms with Crippen molar-refractivity contribution in [1.82, 2.24) is 14.5 Å². The summed E-state index contributed by atoms with van der Waals surface area (Å²) >= 11 is 0. The highest BCUT2D eigenvalue weighted by Crippen LogP contribution is 2.32. The summed E-state index contributed by atoms with van der Waals surface area (Å²) in [5, 5.41) is 5.34. The molecule has 1 atom stereocenters. The van der Waals surface area contributed by atoms with Gasteiger partial charge < -0.3 is 15.4 Å². The lowest BCUT2D eigenvalue weighted by Crippen LogP contribution is -2.42. The van der Waals surface area contributed by atoms with Crippen LogP contribution in [0.5, 0.6) is 5.75 Å². The van der Waals surface area contributed by atoms with Crippen LogP contribution in [0.1, 0.15) is 51.2 Å². The number of urea groups is 1. The Labute approximate surface area is 223 Å². The van der Waals surface area contributed by atoms with Crippen molar-refractivity contribution >= 4 is 33.6 Å². The number of amides is 4. The minimum absolute atomic E-state index is 0.0349. The quantitative estimate of drug-likeness (QED) is 0.493. The minimum Gasteiger partial charge on any atom is -0.489 e. The molecule has 4 rings (SSSR count). The second-order valence-electron chi connectivity index (χ2n) is 10.1. The van der Waals surface area contributed by atoms with Crippen LogP contribution in [0, 0.1) is 6.92 Å². The summed E-state index contributed by atoms with van der Waals surface area (Å²) in [6.07, 6.45) is 2.34. The maximum absolute atomic E-state index is 13.2. The van der Waals surface area contributed by atoms with E-state index in [9.17, 15) is 22.8 Å². The Hall–Kier alpha value is -3.44. The fraction of sp³-hybridized carbons (Fsp3) is 0.444. The number of carbonyl (C=O) groups excluding carboxylic acids is 3. The number of anilines is 1. The van der Waals surface area contributed by atoms with E-state index in [0.29, 0.717) is 18.7 Å².